The molecule has 0 saturated carbocycles. The highest BCUT2D eigenvalue weighted by atomic mass is 16.9. The van der Waals surface area contributed by atoms with E-state index in [1.165, 1.54) is 4.90 Å². The van der Waals surface area contributed by atoms with Crippen LogP contribution in [-0.2, 0) is 0 Å². The van der Waals surface area contributed by atoms with E-state index >= 15 is 0 Å². The molecule has 0 aromatic carbocycles. The predicted octanol–water partition coefficient (Wildman–Crippen LogP) is 0.164. The summed E-state index contributed by atoms with van der Waals surface area (Å²) in [5, 5.41) is 28.0. The molecule has 0 aromatic rings. The van der Waals surface area contributed by atoms with Gasteiger partial charge in [-0.05, 0) is 11.8 Å². The van der Waals surface area contributed by atoms with E-state index < -0.39 is 5.09 Å². The van der Waals surface area contributed by atoms with E-state index in [4.69, 9.17) is 37.6 Å². The Bertz CT molecular complexity index is 267. The van der Waals surface area contributed by atoms with Crippen LogP contribution in [0.25, 0.3) is 0 Å². The van der Waals surface area contributed by atoms with Gasteiger partial charge < -0.3 is 16.7 Å². The average Bonchev–Trinajstić information content (AvgIpc) is 1.98. The van der Waals surface area contributed by atoms with E-state index in [-0.39, 0.29) is 17.3 Å². The van der Waals surface area contributed by atoms with Crippen LogP contribution < -0.4 is 11.5 Å². The third-order valence-corrected chi connectivity index (χ3v) is 1.67. The largest absolute Gasteiger partial charge is 0.370 e. The van der Waals surface area contributed by atoms with Crippen molar-refractivity contribution in [2.45, 2.75) is 27.2 Å². The Balaban J connectivity index is 0. The van der Waals surface area contributed by atoms with E-state index in [1.807, 2.05) is 0 Å². The van der Waals surface area contributed by atoms with Gasteiger partial charge in [0, 0.05) is 6.54 Å². The number of nitrogens with zero attached hydrogens (tertiary/aromatic N) is 2. The van der Waals surface area contributed by atoms with Crippen molar-refractivity contribution in [3.8, 4) is 0 Å². The predicted molar refractivity (Wildman–Crippen MR) is 63.4 cm³/mol. The van der Waals surface area contributed by atoms with Crippen molar-refractivity contribution < 1.29 is 10.3 Å². The summed E-state index contributed by atoms with van der Waals surface area (Å²) in [7, 11) is 0. The molecule has 0 aromatic heterocycles. The summed E-state index contributed by atoms with van der Waals surface area (Å²) in [5.74, 6) is -0.339. The van der Waals surface area contributed by atoms with Gasteiger partial charge in [0.05, 0.1) is 0 Å². The minimum atomic E-state index is -1.50. The minimum Gasteiger partial charge on any atom is -0.370 e. The van der Waals surface area contributed by atoms with Crippen LogP contribution in [0.1, 0.15) is 27.2 Å². The molecule has 0 amide bonds. The molecule has 0 fully saturated rings. The molecular weight excluding hydrogens is 228 g/mol. The van der Waals surface area contributed by atoms with Gasteiger partial charge in [0.1, 0.15) is 0 Å². The summed E-state index contributed by atoms with van der Waals surface area (Å²) in [6.07, 6.45) is 0.839. The Morgan fingerprint density at radius 2 is 1.65 bits per heavy atom. The highest BCUT2D eigenvalue weighted by molar-refractivity contribution is 5.94. The fraction of sp³-hybridized carbons (Fsp3) is 0.750. The molecule has 0 spiro atoms. The zero-order valence-corrected chi connectivity index (χ0v) is 10.2. The van der Waals surface area contributed by atoms with Gasteiger partial charge in [-0.3, -0.25) is 15.7 Å². The second-order valence-corrected chi connectivity index (χ2v) is 4.47. The fourth-order valence-corrected chi connectivity index (χ4v) is 0.818. The van der Waals surface area contributed by atoms with E-state index in [1.54, 1.807) is 0 Å². The second-order valence-electron chi connectivity index (χ2n) is 4.47. The van der Waals surface area contributed by atoms with E-state index in [2.05, 4.69) is 20.8 Å². The summed E-state index contributed by atoms with van der Waals surface area (Å²) < 4.78 is 0. The minimum absolute atomic E-state index is 0.156. The highest BCUT2D eigenvalue weighted by Crippen LogP contribution is 2.18. The molecule has 0 aliphatic carbocycles. The van der Waals surface area contributed by atoms with Crippen LogP contribution in [0.2, 0.25) is 0 Å². The van der Waals surface area contributed by atoms with Crippen molar-refractivity contribution in [3.05, 3.63) is 10.1 Å². The average molecular weight is 248 g/mol. The van der Waals surface area contributed by atoms with Gasteiger partial charge in [-0.25, -0.2) is 0 Å². The standard InChI is InChI=1S/C8H19N5.HNO3/c1-8(2,3)4-5-13(6(9)10)7(11)12;2-1(3)4/h4-5H2,1-3H3,(H3,9,10)(H3,11,12);(H,2,3,4). The van der Waals surface area contributed by atoms with Crippen LogP contribution in [0.3, 0.4) is 0 Å². The van der Waals surface area contributed by atoms with Crippen molar-refractivity contribution in [1.82, 2.24) is 4.90 Å². The molecule has 17 heavy (non-hydrogen) atoms. The maximum atomic E-state index is 8.36. The summed E-state index contributed by atoms with van der Waals surface area (Å²) in [6, 6.07) is 0. The van der Waals surface area contributed by atoms with E-state index in [9.17, 15) is 0 Å². The first-order chi connectivity index (χ1) is 7.47. The first-order valence-electron chi connectivity index (χ1n) is 4.76. The number of rotatable bonds is 2. The maximum Gasteiger partial charge on any atom is 0.291 e. The molecule has 0 unspecified atom stereocenters. The zero-order valence-electron chi connectivity index (χ0n) is 10.2. The Labute approximate surface area is 99.5 Å². The summed E-state index contributed by atoms with van der Waals surface area (Å²) in [5.41, 5.74) is 10.7. The third kappa shape index (κ3) is 13.9. The van der Waals surface area contributed by atoms with Crippen LogP contribution in [0, 0.1) is 26.3 Å². The molecule has 100 valence electrons. The lowest BCUT2D eigenvalue weighted by Crippen LogP contribution is -2.46. The van der Waals surface area contributed by atoms with Gasteiger partial charge in [-0.1, -0.05) is 20.8 Å². The number of guanidine groups is 2. The Kier molecular flexibility index (Phi) is 7.40. The lowest BCUT2D eigenvalue weighted by atomic mass is 9.92. The van der Waals surface area contributed by atoms with E-state index in [0.717, 1.165) is 6.42 Å². The smallest absolute Gasteiger partial charge is 0.291 e. The fourth-order valence-electron chi connectivity index (χ4n) is 0.818. The van der Waals surface area contributed by atoms with Crippen LogP contribution >= 0.6 is 0 Å². The van der Waals surface area contributed by atoms with Gasteiger partial charge in [-0.2, -0.15) is 0 Å². The van der Waals surface area contributed by atoms with Crippen LogP contribution in [0.5, 0.6) is 0 Å². The Hall–Kier alpha value is -2.06. The van der Waals surface area contributed by atoms with Gasteiger partial charge >= 0.3 is 0 Å². The number of nitrogens with one attached hydrogen (secondary N) is 2. The second kappa shape index (κ2) is 7.25. The molecule has 9 heteroatoms. The quantitative estimate of drug-likeness (QED) is 0.202. The lowest BCUT2D eigenvalue weighted by molar-refractivity contribution is -0.742. The first-order valence-corrected chi connectivity index (χ1v) is 4.76. The maximum absolute atomic E-state index is 8.36. The monoisotopic (exact) mass is 248 g/mol. The molecule has 0 aliphatic heterocycles. The molecule has 9 nitrogen and oxygen atoms in total. The molecule has 0 atom stereocenters. The van der Waals surface area contributed by atoms with Crippen molar-refractivity contribution in [3.63, 3.8) is 0 Å². The van der Waals surface area contributed by atoms with Gasteiger partial charge in [0.25, 0.3) is 5.09 Å². The van der Waals surface area contributed by atoms with Gasteiger partial charge in [0.2, 0.25) is 0 Å². The lowest BCUT2D eigenvalue weighted by Gasteiger charge is -2.25. The first kappa shape index (κ1) is 17.3. The van der Waals surface area contributed by atoms with Gasteiger partial charge in [-0.15, -0.1) is 10.1 Å². The third-order valence-electron chi connectivity index (χ3n) is 1.67. The highest BCUT2D eigenvalue weighted by Gasteiger charge is 2.15. The summed E-state index contributed by atoms with van der Waals surface area (Å²) in [4.78, 5) is 9.64. The van der Waals surface area contributed by atoms with Crippen molar-refractivity contribution >= 4 is 11.9 Å². The topological polar surface area (TPSA) is 166 Å². The number of hydrogen-bond acceptors (Lipinski definition) is 4. The SMILES string of the molecule is CC(C)(C)CCN(C(=N)N)C(=N)N.O=[N+]([O-])O. The van der Waals surface area contributed by atoms with Gasteiger partial charge in [0.15, 0.2) is 11.9 Å². The summed E-state index contributed by atoms with van der Waals surface area (Å²) >= 11 is 0. The van der Waals surface area contributed by atoms with Crippen molar-refractivity contribution in [1.29, 1.82) is 10.8 Å². The molecule has 0 bridgehead atoms. The summed E-state index contributed by atoms with van der Waals surface area (Å²) in [6.45, 7) is 6.79. The van der Waals surface area contributed by atoms with E-state index in [0.29, 0.717) is 6.54 Å². The van der Waals surface area contributed by atoms with Crippen molar-refractivity contribution in [2.24, 2.45) is 16.9 Å². The molecule has 0 heterocycles. The van der Waals surface area contributed by atoms with Crippen LogP contribution in [-0.4, -0.2) is 33.7 Å². The normalized spacial score (nSPS) is 9.82. The number of nitrogens with two attached hydrogens (primary N) is 2. The van der Waals surface area contributed by atoms with Crippen LogP contribution in [0.15, 0.2) is 0 Å². The Morgan fingerprint density at radius 3 is 1.82 bits per heavy atom. The molecule has 0 rings (SSSR count). The van der Waals surface area contributed by atoms with Crippen molar-refractivity contribution in [2.75, 3.05) is 6.54 Å². The molecule has 0 aliphatic rings. The zero-order chi connectivity index (χ0) is 14.2. The molecular formula is C8H20N6O3. The molecule has 0 saturated heterocycles. The Morgan fingerprint density at radius 1 is 1.35 bits per heavy atom. The number of hydrogen-bond donors (Lipinski definition) is 5. The molecule has 7 N–H and O–H groups in total. The van der Waals surface area contributed by atoms with Crippen LogP contribution in [0.4, 0.5) is 0 Å². The molecule has 0 radical (unpaired) electrons.